The molecule has 0 aliphatic heterocycles. The second-order valence-electron chi connectivity index (χ2n) is 4.68. The van der Waals surface area contributed by atoms with E-state index in [0.717, 1.165) is 25.9 Å². The van der Waals surface area contributed by atoms with Crippen LogP contribution in [0, 0.1) is 0 Å². The summed E-state index contributed by atoms with van der Waals surface area (Å²) < 4.78 is 2.21. The maximum atomic E-state index is 9.29. The average molecular weight is 224 g/mol. The number of hydrogen-bond acceptors (Lipinski definition) is 2. The van der Waals surface area contributed by atoms with E-state index in [1.807, 2.05) is 0 Å². The van der Waals surface area contributed by atoms with Crippen LogP contribution in [0.15, 0.2) is 18.5 Å². The lowest BCUT2D eigenvalue weighted by molar-refractivity contribution is 0.169. The Morgan fingerprint density at radius 3 is 2.75 bits per heavy atom. The number of nitrogens with zero attached hydrogens (tertiary/aromatic N) is 1. The fourth-order valence-corrected chi connectivity index (χ4v) is 1.60. The van der Waals surface area contributed by atoms with Gasteiger partial charge in [-0.3, -0.25) is 0 Å². The van der Waals surface area contributed by atoms with Crippen LogP contribution in [0.1, 0.15) is 39.2 Å². The summed E-state index contributed by atoms with van der Waals surface area (Å²) in [6.07, 6.45) is 6.37. The molecule has 0 radical (unpaired) electrons. The van der Waals surface area contributed by atoms with Gasteiger partial charge in [-0.2, -0.15) is 0 Å². The molecule has 0 bridgehead atoms. The molecule has 92 valence electrons. The largest absolute Gasteiger partial charge is 0.394 e. The fraction of sp³-hybridized carbons (Fsp3) is 0.692. The molecule has 1 unspecified atom stereocenters. The Labute approximate surface area is 98.5 Å². The maximum Gasteiger partial charge on any atom is 0.0610 e. The molecule has 1 aromatic rings. The summed E-state index contributed by atoms with van der Waals surface area (Å²) in [4.78, 5) is 0. The zero-order valence-corrected chi connectivity index (χ0v) is 10.7. The Bertz CT molecular complexity index is 303. The predicted octanol–water partition coefficient (Wildman–Crippen LogP) is 2.15. The number of aliphatic hydroxyl groups is 1. The zero-order chi connectivity index (χ0) is 12.0. The molecule has 0 fully saturated rings. The van der Waals surface area contributed by atoms with Gasteiger partial charge in [0, 0.05) is 31.0 Å². The quantitative estimate of drug-likeness (QED) is 0.744. The van der Waals surface area contributed by atoms with Gasteiger partial charge < -0.3 is 15.0 Å². The Morgan fingerprint density at radius 2 is 2.19 bits per heavy atom. The molecule has 0 saturated carbocycles. The van der Waals surface area contributed by atoms with Crippen LogP contribution in [0.2, 0.25) is 0 Å². The molecule has 1 rings (SSSR count). The highest BCUT2D eigenvalue weighted by atomic mass is 16.3. The van der Waals surface area contributed by atoms with E-state index in [9.17, 15) is 5.11 Å². The van der Waals surface area contributed by atoms with Gasteiger partial charge in [0.25, 0.3) is 0 Å². The molecule has 1 aromatic heterocycles. The minimum atomic E-state index is -0.160. The summed E-state index contributed by atoms with van der Waals surface area (Å²) >= 11 is 0. The molecule has 0 aliphatic carbocycles. The van der Waals surface area contributed by atoms with Crippen LogP contribution in [-0.4, -0.2) is 21.8 Å². The van der Waals surface area contributed by atoms with E-state index in [1.165, 1.54) is 5.56 Å². The van der Waals surface area contributed by atoms with Gasteiger partial charge >= 0.3 is 0 Å². The molecule has 0 aromatic carbocycles. The number of aromatic nitrogens is 1. The third-order valence-corrected chi connectivity index (χ3v) is 3.14. The highest BCUT2D eigenvalue weighted by molar-refractivity contribution is 5.10. The van der Waals surface area contributed by atoms with E-state index in [-0.39, 0.29) is 12.1 Å². The monoisotopic (exact) mass is 224 g/mol. The van der Waals surface area contributed by atoms with Gasteiger partial charge in [-0.15, -0.1) is 0 Å². The lowest BCUT2D eigenvalue weighted by atomic mass is 10.0. The molecule has 1 heterocycles. The van der Waals surface area contributed by atoms with Crippen molar-refractivity contribution in [3.05, 3.63) is 24.0 Å². The summed E-state index contributed by atoms with van der Waals surface area (Å²) in [7, 11) is 0. The van der Waals surface area contributed by atoms with Crippen molar-refractivity contribution < 1.29 is 5.11 Å². The number of rotatable bonds is 7. The smallest absolute Gasteiger partial charge is 0.0610 e. The summed E-state index contributed by atoms with van der Waals surface area (Å²) in [5.41, 5.74) is 1.12. The van der Waals surface area contributed by atoms with Crippen molar-refractivity contribution >= 4 is 0 Å². The second kappa shape index (κ2) is 6.06. The first-order chi connectivity index (χ1) is 7.63. The minimum absolute atomic E-state index is 0.160. The molecule has 0 saturated heterocycles. The second-order valence-corrected chi connectivity index (χ2v) is 4.68. The summed E-state index contributed by atoms with van der Waals surface area (Å²) in [6.45, 7) is 8.39. The van der Waals surface area contributed by atoms with Crippen LogP contribution in [0.4, 0.5) is 0 Å². The number of aryl methyl sites for hydroxylation is 1. The third-order valence-electron chi connectivity index (χ3n) is 3.14. The molecule has 2 N–H and O–H groups in total. The predicted molar refractivity (Wildman–Crippen MR) is 67.3 cm³/mol. The Balaban J connectivity index is 2.47. The molecular weight excluding hydrogens is 200 g/mol. The van der Waals surface area contributed by atoms with E-state index in [4.69, 9.17) is 0 Å². The molecule has 16 heavy (non-hydrogen) atoms. The topological polar surface area (TPSA) is 37.2 Å². The third kappa shape index (κ3) is 3.65. The SMILES string of the molecule is CCCn1ccc(CNC(C)(CC)CO)c1. The number of aliphatic hydroxyl groups excluding tert-OH is 1. The zero-order valence-electron chi connectivity index (χ0n) is 10.7. The van der Waals surface area contributed by atoms with E-state index in [1.54, 1.807) is 0 Å². The highest BCUT2D eigenvalue weighted by Gasteiger charge is 2.19. The van der Waals surface area contributed by atoms with E-state index < -0.39 is 0 Å². The van der Waals surface area contributed by atoms with Crippen LogP contribution in [0.25, 0.3) is 0 Å². The van der Waals surface area contributed by atoms with Gasteiger partial charge in [-0.25, -0.2) is 0 Å². The van der Waals surface area contributed by atoms with E-state index >= 15 is 0 Å². The van der Waals surface area contributed by atoms with Gasteiger partial charge in [0.15, 0.2) is 0 Å². The van der Waals surface area contributed by atoms with Crippen molar-refractivity contribution in [2.75, 3.05) is 6.61 Å². The van der Waals surface area contributed by atoms with Crippen LogP contribution in [0.3, 0.4) is 0 Å². The van der Waals surface area contributed by atoms with Gasteiger partial charge in [0.1, 0.15) is 0 Å². The van der Waals surface area contributed by atoms with Gasteiger partial charge in [-0.05, 0) is 31.4 Å². The van der Waals surface area contributed by atoms with E-state index in [0.29, 0.717) is 0 Å². The Morgan fingerprint density at radius 1 is 1.44 bits per heavy atom. The van der Waals surface area contributed by atoms with Crippen LogP contribution >= 0.6 is 0 Å². The van der Waals surface area contributed by atoms with Gasteiger partial charge in [0.2, 0.25) is 0 Å². The van der Waals surface area contributed by atoms with Crippen molar-refractivity contribution in [1.82, 2.24) is 9.88 Å². The molecular formula is C13H24N2O. The molecule has 0 aliphatic rings. The van der Waals surface area contributed by atoms with Gasteiger partial charge in [-0.1, -0.05) is 13.8 Å². The van der Waals surface area contributed by atoms with Crippen molar-refractivity contribution in [1.29, 1.82) is 0 Å². The van der Waals surface area contributed by atoms with Crippen molar-refractivity contribution in [2.24, 2.45) is 0 Å². The standard InChI is InChI=1S/C13H24N2O/c1-4-7-15-8-6-12(10-15)9-14-13(3,5-2)11-16/h6,8,10,14,16H,4-5,7,9,11H2,1-3H3. The fourth-order valence-electron chi connectivity index (χ4n) is 1.60. The summed E-state index contributed by atoms with van der Waals surface area (Å²) in [5, 5.41) is 12.7. The number of hydrogen-bond donors (Lipinski definition) is 2. The van der Waals surface area contributed by atoms with Crippen LogP contribution in [-0.2, 0) is 13.1 Å². The first-order valence-corrected chi connectivity index (χ1v) is 6.14. The first kappa shape index (κ1) is 13.3. The maximum absolute atomic E-state index is 9.29. The highest BCUT2D eigenvalue weighted by Crippen LogP contribution is 2.10. The molecule has 1 atom stereocenters. The molecule has 3 heteroatoms. The van der Waals surface area contributed by atoms with Gasteiger partial charge in [0.05, 0.1) is 6.61 Å². The molecule has 0 amide bonds. The van der Waals surface area contributed by atoms with Crippen LogP contribution < -0.4 is 5.32 Å². The molecule has 3 nitrogen and oxygen atoms in total. The molecule has 0 spiro atoms. The van der Waals surface area contributed by atoms with Crippen molar-refractivity contribution in [2.45, 2.75) is 52.2 Å². The van der Waals surface area contributed by atoms with Crippen molar-refractivity contribution in [3.63, 3.8) is 0 Å². The van der Waals surface area contributed by atoms with E-state index in [2.05, 4.69) is 49.1 Å². The lowest BCUT2D eigenvalue weighted by Crippen LogP contribution is -2.44. The average Bonchev–Trinajstić information content (AvgIpc) is 2.74. The van der Waals surface area contributed by atoms with Crippen LogP contribution in [0.5, 0.6) is 0 Å². The minimum Gasteiger partial charge on any atom is -0.394 e. The Hall–Kier alpha value is -0.800. The number of nitrogens with one attached hydrogen (secondary N) is 1. The van der Waals surface area contributed by atoms with Crippen molar-refractivity contribution in [3.8, 4) is 0 Å². The Kier molecular flexibility index (Phi) is 5.03. The summed E-state index contributed by atoms with van der Waals surface area (Å²) in [5.74, 6) is 0. The normalized spacial score (nSPS) is 15.0. The first-order valence-electron chi connectivity index (χ1n) is 6.14. The lowest BCUT2D eigenvalue weighted by Gasteiger charge is -2.27. The summed E-state index contributed by atoms with van der Waals surface area (Å²) in [6, 6.07) is 2.14.